The van der Waals surface area contributed by atoms with E-state index >= 15 is 0 Å². The Morgan fingerprint density at radius 1 is 1.25 bits per heavy atom. The van der Waals surface area contributed by atoms with Crippen LogP contribution in [0.1, 0.15) is 38.2 Å². The number of anilines is 1. The van der Waals surface area contributed by atoms with Crippen LogP contribution in [-0.2, 0) is 19.4 Å². The molecule has 1 amide bonds. The molecule has 0 saturated carbocycles. The minimum Gasteiger partial charge on any atom is -0.376 e. The van der Waals surface area contributed by atoms with Gasteiger partial charge in [0, 0.05) is 11.6 Å². The molecule has 4 rings (SSSR count). The summed E-state index contributed by atoms with van der Waals surface area (Å²) in [6.45, 7) is 5.13. The fourth-order valence-corrected chi connectivity index (χ4v) is 6.14. The van der Waals surface area contributed by atoms with Crippen molar-refractivity contribution in [3.8, 4) is 0 Å². The summed E-state index contributed by atoms with van der Waals surface area (Å²) in [5.41, 5.74) is 1.96. The predicted molar refractivity (Wildman–Crippen MR) is 129 cm³/mol. The number of hydrogen-bond donors (Lipinski definition) is 0. The topological polar surface area (TPSA) is 76.6 Å². The summed E-state index contributed by atoms with van der Waals surface area (Å²) >= 11 is 7.27. The molecule has 6 nitrogen and oxygen atoms in total. The van der Waals surface area contributed by atoms with E-state index in [-0.39, 0.29) is 23.5 Å². The molecule has 0 spiro atoms. The van der Waals surface area contributed by atoms with Crippen molar-refractivity contribution < 1.29 is 17.9 Å². The van der Waals surface area contributed by atoms with E-state index in [4.69, 9.17) is 21.3 Å². The van der Waals surface area contributed by atoms with Crippen molar-refractivity contribution in [3.05, 3.63) is 53.1 Å². The molecule has 1 aliphatic rings. The van der Waals surface area contributed by atoms with Crippen LogP contribution in [-0.4, -0.2) is 44.3 Å². The van der Waals surface area contributed by atoms with Crippen LogP contribution in [0.2, 0.25) is 5.02 Å². The monoisotopic (exact) mass is 492 g/mol. The third-order valence-corrected chi connectivity index (χ3v) is 8.40. The van der Waals surface area contributed by atoms with Crippen molar-refractivity contribution in [1.82, 2.24) is 4.98 Å². The molecule has 1 atom stereocenters. The first-order valence-electron chi connectivity index (χ1n) is 10.5. The molecule has 1 fully saturated rings. The van der Waals surface area contributed by atoms with Crippen LogP contribution >= 0.6 is 22.9 Å². The van der Waals surface area contributed by atoms with Gasteiger partial charge in [-0.2, -0.15) is 0 Å². The second kappa shape index (κ2) is 9.47. The molecule has 0 bridgehead atoms. The third-order valence-electron chi connectivity index (χ3n) is 5.49. The second-order valence-electron chi connectivity index (χ2n) is 8.20. The van der Waals surface area contributed by atoms with Crippen molar-refractivity contribution >= 4 is 54.0 Å². The smallest absolute Gasteiger partial charge is 0.244 e. The van der Waals surface area contributed by atoms with Gasteiger partial charge >= 0.3 is 0 Å². The predicted octanol–water partition coefficient (Wildman–Crippen LogP) is 5.06. The van der Waals surface area contributed by atoms with E-state index < -0.39 is 21.5 Å². The molecule has 3 aromatic rings. The molecular weight excluding hydrogens is 468 g/mol. The van der Waals surface area contributed by atoms with E-state index in [1.807, 2.05) is 18.2 Å². The summed E-state index contributed by atoms with van der Waals surface area (Å²) in [4.78, 5) is 19.6. The van der Waals surface area contributed by atoms with Crippen LogP contribution in [0.5, 0.6) is 0 Å². The summed E-state index contributed by atoms with van der Waals surface area (Å²) < 4.78 is 32.5. The Labute approximate surface area is 197 Å². The first kappa shape index (κ1) is 23.2. The molecule has 0 aliphatic carbocycles. The first-order valence-corrected chi connectivity index (χ1v) is 13.4. The number of para-hydroxylation sites is 1. The van der Waals surface area contributed by atoms with E-state index in [1.165, 1.54) is 40.5 Å². The van der Waals surface area contributed by atoms with Crippen LogP contribution < -0.4 is 4.90 Å². The minimum atomic E-state index is -3.83. The number of carbonyl (C=O) groups excluding carboxylic acids is 1. The molecule has 1 aliphatic heterocycles. The SMILES string of the molecule is CC(C)c1cccc2sc(N(CC3CCCO3)C(=O)CS(=O)(=O)c3ccc(Cl)cc3)nc12. The van der Waals surface area contributed by atoms with E-state index in [9.17, 15) is 13.2 Å². The molecule has 0 N–H and O–H groups in total. The zero-order chi connectivity index (χ0) is 22.9. The maximum absolute atomic E-state index is 13.3. The highest BCUT2D eigenvalue weighted by Gasteiger charge is 2.30. The molecule has 2 heterocycles. The molecule has 1 unspecified atom stereocenters. The fourth-order valence-electron chi connectivity index (χ4n) is 3.78. The lowest BCUT2D eigenvalue weighted by molar-refractivity contribution is -0.116. The molecule has 1 aromatic heterocycles. The van der Waals surface area contributed by atoms with Crippen molar-refractivity contribution in [1.29, 1.82) is 0 Å². The van der Waals surface area contributed by atoms with E-state index in [0.717, 1.165) is 28.6 Å². The number of benzene rings is 2. The molecule has 32 heavy (non-hydrogen) atoms. The lowest BCUT2D eigenvalue weighted by Gasteiger charge is -2.23. The summed E-state index contributed by atoms with van der Waals surface area (Å²) in [6, 6.07) is 11.8. The first-order chi connectivity index (χ1) is 15.2. The van der Waals surface area contributed by atoms with Gasteiger partial charge in [0.2, 0.25) is 5.91 Å². The number of nitrogens with zero attached hydrogens (tertiary/aromatic N) is 2. The average Bonchev–Trinajstić information content (AvgIpc) is 3.41. The van der Waals surface area contributed by atoms with E-state index in [0.29, 0.717) is 16.8 Å². The number of amides is 1. The Balaban J connectivity index is 1.67. The number of halogens is 1. The number of thiazole rings is 1. The maximum atomic E-state index is 13.3. The maximum Gasteiger partial charge on any atom is 0.244 e. The Morgan fingerprint density at radius 2 is 2.00 bits per heavy atom. The number of rotatable bonds is 7. The molecule has 0 radical (unpaired) electrons. The summed E-state index contributed by atoms with van der Waals surface area (Å²) in [5, 5.41) is 0.936. The van der Waals surface area contributed by atoms with Crippen molar-refractivity contribution in [2.45, 2.75) is 43.6 Å². The minimum absolute atomic E-state index is 0.0683. The Bertz CT molecular complexity index is 1220. The number of aromatic nitrogens is 1. The highest BCUT2D eigenvalue weighted by atomic mass is 35.5. The number of sulfone groups is 1. The van der Waals surface area contributed by atoms with Gasteiger partial charge in [-0.1, -0.05) is 48.9 Å². The van der Waals surface area contributed by atoms with Gasteiger partial charge in [0.1, 0.15) is 5.75 Å². The average molecular weight is 493 g/mol. The summed E-state index contributed by atoms with van der Waals surface area (Å²) in [6.07, 6.45) is 1.62. The van der Waals surface area contributed by atoms with Gasteiger partial charge in [-0.15, -0.1) is 0 Å². The lowest BCUT2D eigenvalue weighted by Crippen LogP contribution is -2.40. The molecule has 2 aromatic carbocycles. The molecule has 1 saturated heterocycles. The number of fused-ring (bicyclic) bond motifs is 1. The van der Waals surface area contributed by atoms with Gasteiger partial charge in [-0.05, 0) is 54.7 Å². The summed E-state index contributed by atoms with van der Waals surface area (Å²) in [7, 11) is -3.83. The van der Waals surface area contributed by atoms with Crippen LogP contribution in [0.15, 0.2) is 47.4 Å². The van der Waals surface area contributed by atoms with E-state index in [1.54, 1.807) is 0 Å². The van der Waals surface area contributed by atoms with Gasteiger partial charge in [0.15, 0.2) is 15.0 Å². The highest BCUT2D eigenvalue weighted by Crippen LogP contribution is 2.34. The normalized spacial score (nSPS) is 16.7. The lowest BCUT2D eigenvalue weighted by atomic mass is 10.0. The van der Waals surface area contributed by atoms with Crippen LogP contribution in [0.3, 0.4) is 0 Å². The zero-order valence-electron chi connectivity index (χ0n) is 18.0. The molecule has 170 valence electrons. The van der Waals surface area contributed by atoms with Gasteiger partial charge in [0.05, 0.1) is 27.8 Å². The Morgan fingerprint density at radius 3 is 2.66 bits per heavy atom. The van der Waals surface area contributed by atoms with Crippen LogP contribution in [0.25, 0.3) is 10.2 Å². The second-order valence-corrected chi connectivity index (χ2v) is 11.6. The van der Waals surface area contributed by atoms with Crippen LogP contribution in [0, 0.1) is 0 Å². The Hall–Kier alpha value is -2.00. The van der Waals surface area contributed by atoms with Gasteiger partial charge in [0.25, 0.3) is 0 Å². The summed E-state index contributed by atoms with van der Waals surface area (Å²) in [5.74, 6) is -0.879. The largest absolute Gasteiger partial charge is 0.376 e. The van der Waals surface area contributed by atoms with Crippen molar-refractivity contribution in [2.24, 2.45) is 0 Å². The highest BCUT2D eigenvalue weighted by molar-refractivity contribution is 7.92. The Kier molecular flexibility index (Phi) is 6.86. The van der Waals surface area contributed by atoms with Gasteiger partial charge in [-0.3, -0.25) is 9.69 Å². The molecular formula is C23H25ClN2O4S2. The number of ether oxygens (including phenoxy) is 1. The zero-order valence-corrected chi connectivity index (χ0v) is 20.3. The van der Waals surface area contributed by atoms with Gasteiger partial charge in [-0.25, -0.2) is 13.4 Å². The quantitative estimate of drug-likeness (QED) is 0.460. The van der Waals surface area contributed by atoms with Crippen molar-refractivity contribution in [2.75, 3.05) is 23.8 Å². The van der Waals surface area contributed by atoms with E-state index in [2.05, 4.69) is 13.8 Å². The van der Waals surface area contributed by atoms with Crippen LogP contribution in [0.4, 0.5) is 5.13 Å². The fraction of sp³-hybridized carbons (Fsp3) is 0.391. The van der Waals surface area contributed by atoms with Crippen molar-refractivity contribution in [3.63, 3.8) is 0 Å². The standard InChI is InChI=1S/C23H25ClN2O4S2/c1-15(2)19-6-3-7-20-22(19)25-23(31-20)26(13-17-5-4-12-30-17)21(27)14-32(28,29)18-10-8-16(24)9-11-18/h3,6-11,15,17H,4-5,12-14H2,1-2H3. The molecule has 9 heteroatoms. The van der Waals surface area contributed by atoms with Gasteiger partial charge < -0.3 is 4.74 Å². The number of carbonyl (C=O) groups is 1. The third kappa shape index (κ3) is 4.98. The number of hydrogen-bond acceptors (Lipinski definition) is 6.